The van der Waals surface area contributed by atoms with Gasteiger partial charge in [-0.05, 0) is 42.9 Å². The van der Waals surface area contributed by atoms with Crippen molar-refractivity contribution in [3.8, 4) is 0 Å². The molecule has 0 bridgehead atoms. The first-order chi connectivity index (χ1) is 5.09. The molecular formula is C11H22. The molecule has 1 fully saturated rings. The molecule has 66 valence electrons. The molecule has 1 aliphatic rings. The van der Waals surface area contributed by atoms with Gasteiger partial charge in [-0.25, -0.2) is 0 Å². The van der Waals surface area contributed by atoms with Crippen LogP contribution in [0.1, 0.15) is 47.0 Å². The fourth-order valence-corrected chi connectivity index (χ4v) is 2.19. The molecule has 0 amide bonds. The lowest BCUT2D eigenvalue weighted by Crippen LogP contribution is -2.28. The van der Waals surface area contributed by atoms with Gasteiger partial charge in [0.1, 0.15) is 0 Å². The van der Waals surface area contributed by atoms with Gasteiger partial charge in [0.05, 0.1) is 0 Å². The highest BCUT2D eigenvalue weighted by Crippen LogP contribution is 2.41. The minimum atomic E-state index is 0.910. The van der Waals surface area contributed by atoms with E-state index in [9.17, 15) is 0 Å². The zero-order valence-corrected chi connectivity index (χ0v) is 8.43. The van der Waals surface area contributed by atoms with E-state index >= 15 is 0 Å². The molecular weight excluding hydrogens is 132 g/mol. The Morgan fingerprint density at radius 2 is 1.64 bits per heavy atom. The summed E-state index contributed by atoms with van der Waals surface area (Å²) in [6.07, 6.45) is 4.48. The highest BCUT2D eigenvalue weighted by atomic mass is 14.4. The summed E-state index contributed by atoms with van der Waals surface area (Å²) in [5.74, 6) is 3.97. The van der Waals surface area contributed by atoms with Crippen LogP contribution in [-0.4, -0.2) is 0 Å². The maximum atomic E-state index is 2.36. The van der Waals surface area contributed by atoms with Crippen molar-refractivity contribution < 1.29 is 0 Å². The predicted molar refractivity (Wildman–Crippen MR) is 50.5 cm³/mol. The van der Waals surface area contributed by atoms with Gasteiger partial charge in [-0.3, -0.25) is 0 Å². The molecule has 0 atom stereocenters. The van der Waals surface area contributed by atoms with Gasteiger partial charge in [0.15, 0.2) is 0 Å². The van der Waals surface area contributed by atoms with E-state index in [1.807, 2.05) is 0 Å². The van der Waals surface area contributed by atoms with E-state index in [1.165, 1.54) is 19.3 Å². The van der Waals surface area contributed by atoms with Crippen molar-refractivity contribution in [1.82, 2.24) is 0 Å². The molecule has 1 saturated carbocycles. The van der Waals surface area contributed by atoms with Crippen LogP contribution in [0, 0.1) is 23.7 Å². The Kier molecular flexibility index (Phi) is 2.98. The summed E-state index contributed by atoms with van der Waals surface area (Å²) in [5, 5.41) is 0. The van der Waals surface area contributed by atoms with Crippen LogP contribution in [0.5, 0.6) is 0 Å². The number of hydrogen-bond acceptors (Lipinski definition) is 0. The van der Waals surface area contributed by atoms with Crippen molar-refractivity contribution in [1.29, 1.82) is 0 Å². The summed E-state index contributed by atoms with van der Waals surface area (Å²) in [6, 6.07) is 0. The molecule has 0 aliphatic heterocycles. The van der Waals surface area contributed by atoms with Crippen LogP contribution in [0.3, 0.4) is 0 Å². The third-order valence-corrected chi connectivity index (χ3v) is 3.02. The predicted octanol–water partition coefficient (Wildman–Crippen LogP) is 3.71. The van der Waals surface area contributed by atoms with E-state index in [0.717, 1.165) is 23.7 Å². The van der Waals surface area contributed by atoms with Gasteiger partial charge in [0.2, 0.25) is 0 Å². The molecule has 11 heavy (non-hydrogen) atoms. The molecule has 0 unspecified atom stereocenters. The smallest absolute Gasteiger partial charge is 0.0386 e. The second kappa shape index (κ2) is 3.60. The van der Waals surface area contributed by atoms with Crippen LogP contribution in [0.25, 0.3) is 0 Å². The van der Waals surface area contributed by atoms with E-state index in [2.05, 4.69) is 27.7 Å². The molecule has 0 saturated heterocycles. The average Bonchev–Trinajstić information content (AvgIpc) is 1.75. The van der Waals surface area contributed by atoms with Crippen LogP contribution < -0.4 is 0 Å². The van der Waals surface area contributed by atoms with Crippen LogP contribution in [0.4, 0.5) is 0 Å². The van der Waals surface area contributed by atoms with E-state index in [-0.39, 0.29) is 0 Å². The highest BCUT2D eigenvalue weighted by molar-refractivity contribution is 4.81. The van der Waals surface area contributed by atoms with E-state index < -0.39 is 0 Å². The zero-order chi connectivity index (χ0) is 8.43. The molecule has 0 heterocycles. The quantitative estimate of drug-likeness (QED) is 0.581. The fraction of sp³-hybridized carbons (Fsp3) is 1.00. The molecule has 0 aromatic rings. The Balaban J connectivity index is 2.09. The minimum absolute atomic E-state index is 0.910. The molecule has 1 rings (SSSR count). The molecule has 0 spiro atoms. The summed E-state index contributed by atoms with van der Waals surface area (Å²) < 4.78 is 0. The maximum Gasteiger partial charge on any atom is -0.0386 e. The average molecular weight is 154 g/mol. The molecule has 0 aromatic carbocycles. The van der Waals surface area contributed by atoms with Crippen molar-refractivity contribution in [2.75, 3.05) is 0 Å². The van der Waals surface area contributed by atoms with Crippen LogP contribution in [0.15, 0.2) is 0 Å². The number of hydrogen-bond donors (Lipinski definition) is 0. The van der Waals surface area contributed by atoms with E-state index in [0.29, 0.717) is 0 Å². The first-order valence-electron chi connectivity index (χ1n) is 5.09. The highest BCUT2D eigenvalue weighted by Gasteiger charge is 2.30. The monoisotopic (exact) mass is 154 g/mol. The third kappa shape index (κ3) is 2.50. The van der Waals surface area contributed by atoms with Gasteiger partial charge in [-0.15, -0.1) is 0 Å². The summed E-state index contributed by atoms with van der Waals surface area (Å²) >= 11 is 0. The van der Waals surface area contributed by atoms with Crippen molar-refractivity contribution in [3.05, 3.63) is 0 Å². The Morgan fingerprint density at radius 3 is 2.00 bits per heavy atom. The fourth-order valence-electron chi connectivity index (χ4n) is 2.19. The lowest BCUT2D eigenvalue weighted by molar-refractivity contribution is 0.122. The Morgan fingerprint density at radius 1 is 1.09 bits per heavy atom. The SMILES string of the molecule is CC(C)CC1CC(C(C)C)C1. The molecule has 0 radical (unpaired) electrons. The Hall–Kier alpha value is 0. The zero-order valence-electron chi connectivity index (χ0n) is 8.43. The van der Waals surface area contributed by atoms with E-state index in [1.54, 1.807) is 0 Å². The van der Waals surface area contributed by atoms with Gasteiger partial charge in [0, 0.05) is 0 Å². The van der Waals surface area contributed by atoms with Crippen molar-refractivity contribution >= 4 is 0 Å². The van der Waals surface area contributed by atoms with Gasteiger partial charge >= 0.3 is 0 Å². The first-order valence-corrected chi connectivity index (χ1v) is 5.09. The van der Waals surface area contributed by atoms with Crippen molar-refractivity contribution in [3.63, 3.8) is 0 Å². The molecule has 0 N–H and O–H groups in total. The van der Waals surface area contributed by atoms with Crippen LogP contribution >= 0.6 is 0 Å². The van der Waals surface area contributed by atoms with Gasteiger partial charge < -0.3 is 0 Å². The lowest BCUT2D eigenvalue weighted by Gasteiger charge is -2.39. The van der Waals surface area contributed by atoms with Crippen molar-refractivity contribution in [2.24, 2.45) is 23.7 Å². The van der Waals surface area contributed by atoms with Crippen LogP contribution in [-0.2, 0) is 0 Å². The summed E-state index contributed by atoms with van der Waals surface area (Å²) in [5.41, 5.74) is 0. The topological polar surface area (TPSA) is 0 Å². The lowest BCUT2D eigenvalue weighted by atomic mass is 9.67. The van der Waals surface area contributed by atoms with Gasteiger partial charge in [-0.1, -0.05) is 27.7 Å². The summed E-state index contributed by atoms with van der Waals surface area (Å²) in [6.45, 7) is 9.39. The number of rotatable bonds is 3. The Labute approximate surface area is 71.4 Å². The first kappa shape index (κ1) is 9.09. The summed E-state index contributed by atoms with van der Waals surface area (Å²) in [4.78, 5) is 0. The molecule has 1 aliphatic carbocycles. The second-order valence-corrected chi connectivity index (χ2v) is 4.97. The minimum Gasteiger partial charge on any atom is -0.0628 e. The second-order valence-electron chi connectivity index (χ2n) is 4.97. The maximum absolute atomic E-state index is 2.36. The molecule has 0 nitrogen and oxygen atoms in total. The summed E-state index contributed by atoms with van der Waals surface area (Å²) in [7, 11) is 0. The van der Waals surface area contributed by atoms with E-state index in [4.69, 9.17) is 0 Å². The molecule has 0 heteroatoms. The molecule has 0 aromatic heterocycles. The van der Waals surface area contributed by atoms with Crippen molar-refractivity contribution in [2.45, 2.75) is 47.0 Å². The van der Waals surface area contributed by atoms with Gasteiger partial charge in [0.25, 0.3) is 0 Å². The van der Waals surface area contributed by atoms with Gasteiger partial charge in [-0.2, -0.15) is 0 Å². The third-order valence-electron chi connectivity index (χ3n) is 3.02. The standard InChI is InChI=1S/C11H22/c1-8(2)5-10-6-11(7-10)9(3)4/h8-11H,5-7H2,1-4H3. The van der Waals surface area contributed by atoms with Crippen LogP contribution in [0.2, 0.25) is 0 Å². The largest absolute Gasteiger partial charge is 0.0628 e. The normalized spacial score (nSPS) is 31.1. The Bertz CT molecular complexity index is 107.